The lowest BCUT2D eigenvalue weighted by Crippen LogP contribution is -2.12. The summed E-state index contributed by atoms with van der Waals surface area (Å²) >= 11 is 0. The summed E-state index contributed by atoms with van der Waals surface area (Å²) in [5.74, 6) is -0.191. The zero-order valence-corrected chi connectivity index (χ0v) is 18.2. The van der Waals surface area contributed by atoms with E-state index >= 15 is 0 Å². The monoisotopic (exact) mass is 418 g/mol. The van der Waals surface area contributed by atoms with E-state index in [2.05, 4.69) is 41.9 Å². The standard InChI is InChI=1S/C19H18N4O.C4H10O.C2H2/c1-14-8-9-15(11-20-2)10-18(14)22-19(24)16-12-21-23(13-16)17-6-4-3-5-7-17;1-2-3-4-5;1-2/h3-10,12-13H,2,11H2,1H3,(H,22,24);5H,2-4H2,1H3;1-2H. The van der Waals surface area contributed by atoms with Crippen molar-refractivity contribution in [1.82, 2.24) is 9.78 Å². The SMILES string of the molecule is C#C.C=NCc1ccc(C)c(NC(=O)c2cnn(-c3ccccc3)c2)c1.CCCCO. The normalized spacial score (nSPS) is 9.45. The van der Waals surface area contributed by atoms with Crippen LogP contribution in [0.1, 0.15) is 41.3 Å². The molecule has 6 nitrogen and oxygen atoms in total. The van der Waals surface area contributed by atoms with Gasteiger partial charge in [-0.25, -0.2) is 4.68 Å². The number of aryl methyl sites for hydroxylation is 1. The smallest absolute Gasteiger partial charge is 0.258 e. The van der Waals surface area contributed by atoms with Gasteiger partial charge in [0.05, 0.1) is 24.0 Å². The van der Waals surface area contributed by atoms with Crippen molar-refractivity contribution < 1.29 is 9.90 Å². The first-order valence-electron chi connectivity index (χ1n) is 9.96. The Morgan fingerprint density at radius 1 is 1.23 bits per heavy atom. The van der Waals surface area contributed by atoms with Gasteiger partial charge in [-0.2, -0.15) is 5.10 Å². The number of terminal acetylenes is 1. The minimum Gasteiger partial charge on any atom is -0.396 e. The summed E-state index contributed by atoms with van der Waals surface area (Å²) in [6.07, 6.45) is 13.3. The van der Waals surface area contributed by atoms with Crippen molar-refractivity contribution in [3.8, 4) is 18.5 Å². The van der Waals surface area contributed by atoms with Crippen LogP contribution in [-0.2, 0) is 6.54 Å². The maximum absolute atomic E-state index is 12.5. The van der Waals surface area contributed by atoms with Crippen LogP contribution >= 0.6 is 0 Å². The number of carbonyl (C=O) groups excluding carboxylic acids is 1. The Bertz CT molecular complexity index is 960. The zero-order chi connectivity index (χ0) is 23.1. The third kappa shape index (κ3) is 8.29. The van der Waals surface area contributed by atoms with Gasteiger partial charge in [0.1, 0.15) is 0 Å². The number of hydrogen-bond donors (Lipinski definition) is 2. The van der Waals surface area contributed by atoms with Gasteiger partial charge in [-0.15, -0.1) is 12.8 Å². The van der Waals surface area contributed by atoms with Crippen LogP contribution < -0.4 is 5.32 Å². The number of unbranched alkanes of at least 4 members (excludes halogenated alkanes) is 1. The maximum atomic E-state index is 12.5. The molecule has 6 heteroatoms. The van der Waals surface area contributed by atoms with Crippen molar-refractivity contribution in [2.24, 2.45) is 4.99 Å². The Morgan fingerprint density at radius 3 is 2.52 bits per heavy atom. The quantitative estimate of drug-likeness (QED) is 0.433. The highest BCUT2D eigenvalue weighted by molar-refractivity contribution is 6.04. The molecule has 0 bridgehead atoms. The van der Waals surface area contributed by atoms with Crippen molar-refractivity contribution in [1.29, 1.82) is 0 Å². The molecule has 1 aromatic heterocycles. The van der Waals surface area contributed by atoms with E-state index in [1.54, 1.807) is 17.1 Å². The lowest BCUT2D eigenvalue weighted by Gasteiger charge is -2.09. The number of rotatable bonds is 7. The second-order valence-corrected chi connectivity index (χ2v) is 6.57. The third-order valence-electron chi connectivity index (χ3n) is 4.22. The van der Waals surface area contributed by atoms with Gasteiger partial charge >= 0.3 is 0 Å². The molecule has 2 aromatic carbocycles. The van der Waals surface area contributed by atoms with Crippen molar-refractivity contribution in [3.63, 3.8) is 0 Å². The molecule has 0 spiro atoms. The summed E-state index contributed by atoms with van der Waals surface area (Å²) in [5.41, 5.74) is 4.18. The number of nitrogens with zero attached hydrogens (tertiary/aromatic N) is 3. The van der Waals surface area contributed by atoms with Crippen molar-refractivity contribution in [2.45, 2.75) is 33.2 Å². The second-order valence-electron chi connectivity index (χ2n) is 6.57. The summed E-state index contributed by atoms with van der Waals surface area (Å²) in [6, 6.07) is 15.5. The Hall–Kier alpha value is -3.69. The molecule has 162 valence electrons. The van der Waals surface area contributed by atoms with E-state index in [4.69, 9.17) is 5.11 Å². The van der Waals surface area contributed by atoms with Crippen LogP contribution in [0.25, 0.3) is 5.69 Å². The zero-order valence-electron chi connectivity index (χ0n) is 18.2. The average molecular weight is 419 g/mol. The molecule has 0 fully saturated rings. The van der Waals surface area contributed by atoms with E-state index in [-0.39, 0.29) is 5.91 Å². The molecule has 0 unspecified atom stereocenters. The van der Waals surface area contributed by atoms with Gasteiger partial charge in [0, 0.05) is 18.5 Å². The number of aromatic nitrogens is 2. The molecule has 2 N–H and O–H groups in total. The van der Waals surface area contributed by atoms with Crippen LogP contribution in [-0.4, -0.2) is 34.1 Å². The number of carbonyl (C=O) groups is 1. The number of nitrogens with one attached hydrogen (secondary N) is 1. The highest BCUT2D eigenvalue weighted by Crippen LogP contribution is 2.19. The number of benzene rings is 2. The summed E-state index contributed by atoms with van der Waals surface area (Å²) in [6.45, 7) is 8.37. The van der Waals surface area contributed by atoms with E-state index in [0.717, 1.165) is 35.3 Å². The second kappa shape index (κ2) is 14.3. The molecule has 0 radical (unpaired) electrons. The van der Waals surface area contributed by atoms with Gasteiger partial charge in [0.25, 0.3) is 5.91 Å². The van der Waals surface area contributed by atoms with Crippen LogP contribution in [0, 0.1) is 19.8 Å². The van der Waals surface area contributed by atoms with Crippen LogP contribution in [0.2, 0.25) is 0 Å². The minimum absolute atomic E-state index is 0.191. The van der Waals surface area contributed by atoms with Gasteiger partial charge in [-0.3, -0.25) is 9.79 Å². The highest BCUT2D eigenvalue weighted by atomic mass is 16.2. The molecule has 0 atom stereocenters. The number of hydrogen-bond acceptors (Lipinski definition) is 4. The number of amides is 1. The molecule has 0 aliphatic carbocycles. The van der Waals surface area contributed by atoms with Crippen LogP contribution in [0.15, 0.2) is 65.9 Å². The number of anilines is 1. The molecule has 3 rings (SSSR count). The Labute approximate surface area is 184 Å². The van der Waals surface area contributed by atoms with Gasteiger partial charge in [-0.05, 0) is 49.4 Å². The molecule has 0 saturated heterocycles. The molecule has 0 saturated carbocycles. The molecule has 0 aliphatic rings. The van der Waals surface area contributed by atoms with E-state index in [0.29, 0.717) is 18.7 Å². The highest BCUT2D eigenvalue weighted by Gasteiger charge is 2.11. The van der Waals surface area contributed by atoms with Gasteiger partial charge in [0.2, 0.25) is 0 Å². The van der Waals surface area contributed by atoms with Crippen molar-refractivity contribution >= 4 is 18.3 Å². The molecule has 31 heavy (non-hydrogen) atoms. The van der Waals surface area contributed by atoms with E-state index in [9.17, 15) is 4.79 Å². The van der Waals surface area contributed by atoms with E-state index < -0.39 is 0 Å². The van der Waals surface area contributed by atoms with E-state index in [1.807, 2.05) is 55.5 Å². The molecule has 0 aliphatic heterocycles. The first-order valence-corrected chi connectivity index (χ1v) is 9.96. The number of aliphatic hydroxyl groups excluding tert-OH is 1. The molecular formula is C25H30N4O2. The van der Waals surface area contributed by atoms with Crippen LogP contribution in [0.5, 0.6) is 0 Å². The fourth-order valence-electron chi connectivity index (χ4n) is 2.55. The number of para-hydroxylation sites is 1. The van der Waals surface area contributed by atoms with Gasteiger partial charge in [0.15, 0.2) is 0 Å². The molecule has 1 heterocycles. The molecule has 3 aromatic rings. The van der Waals surface area contributed by atoms with Crippen molar-refractivity contribution in [2.75, 3.05) is 11.9 Å². The van der Waals surface area contributed by atoms with Gasteiger partial charge in [-0.1, -0.05) is 43.7 Å². The number of aliphatic imine (C=N–C) groups is 1. The topological polar surface area (TPSA) is 79.5 Å². The average Bonchev–Trinajstić information content (AvgIpc) is 3.30. The van der Waals surface area contributed by atoms with Crippen LogP contribution in [0.3, 0.4) is 0 Å². The Balaban J connectivity index is 0.000000605. The van der Waals surface area contributed by atoms with E-state index in [1.165, 1.54) is 0 Å². The predicted octanol–water partition coefficient (Wildman–Crippen LogP) is 4.66. The molecular weight excluding hydrogens is 388 g/mol. The fraction of sp³-hybridized carbons (Fsp3) is 0.240. The van der Waals surface area contributed by atoms with Gasteiger partial charge < -0.3 is 10.4 Å². The summed E-state index contributed by atoms with van der Waals surface area (Å²) in [7, 11) is 0. The van der Waals surface area contributed by atoms with Crippen LogP contribution in [0.4, 0.5) is 5.69 Å². The summed E-state index contributed by atoms with van der Waals surface area (Å²) < 4.78 is 1.68. The Morgan fingerprint density at radius 2 is 1.94 bits per heavy atom. The fourth-order valence-corrected chi connectivity index (χ4v) is 2.55. The Kier molecular flexibility index (Phi) is 11.7. The van der Waals surface area contributed by atoms with Crippen molar-refractivity contribution in [3.05, 3.63) is 77.6 Å². The summed E-state index contributed by atoms with van der Waals surface area (Å²) in [4.78, 5) is 16.4. The minimum atomic E-state index is -0.191. The summed E-state index contributed by atoms with van der Waals surface area (Å²) in [5, 5.41) is 15.3. The largest absolute Gasteiger partial charge is 0.396 e. The lowest BCUT2D eigenvalue weighted by atomic mass is 10.1. The number of aliphatic hydroxyl groups is 1. The molecule has 1 amide bonds. The predicted molar refractivity (Wildman–Crippen MR) is 128 cm³/mol. The third-order valence-corrected chi connectivity index (χ3v) is 4.22. The maximum Gasteiger partial charge on any atom is 0.258 e. The lowest BCUT2D eigenvalue weighted by molar-refractivity contribution is 0.102. The first kappa shape index (κ1) is 25.3. The first-order chi connectivity index (χ1) is 15.1.